The molecule has 0 atom stereocenters. The molecule has 1 N–H and O–H groups in total. The highest BCUT2D eigenvalue weighted by Crippen LogP contribution is 2.46. The third-order valence-corrected chi connectivity index (χ3v) is 4.36. The molecule has 0 radical (unpaired) electrons. The minimum atomic E-state index is 0.136. The van der Waals surface area contributed by atoms with Crippen LogP contribution in [0.2, 0.25) is 0 Å². The Labute approximate surface area is 101 Å². The van der Waals surface area contributed by atoms with E-state index in [0.29, 0.717) is 0 Å². The fourth-order valence-corrected chi connectivity index (χ4v) is 3.49. The van der Waals surface area contributed by atoms with Crippen molar-refractivity contribution in [1.29, 1.82) is 0 Å². The number of methoxy groups -OCH3 is 1. The Kier molecular flexibility index (Phi) is 3.62. The maximum atomic E-state index is 5.09. The van der Waals surface area contributed by atoms with Crippen LogP contribution in [0.4, 0.5) is 0 Å². The summed E-state index contributed by atoms with van der Waals surface area (Å²) < 4.78 is 5.09. The van der Waals surface area contributed by atoms with Gasteiger partial charge in [0, 0.05) is 24.7 Å². The Hall–Kier alpha value is -0.450. The first-order valence-electron chi connectivity index (χ1n) is 5.83. The smallest absolute Gasteiger partial charge is 0.113 e. The lowest BCUT2D eigenvalue weighted by atomic mass is 9.69. The van der Waals surface area contributed by atoms with Crippen LogP contribution in [0, 0.1) is 12.8 Å². The Morgan fingerprint density at radius 3 is 2.88 bits per heavy atom. The monoisotopic (exact) mass is 240 g/mol. The predicted molar refractivity (Wildman–Crippen MR) is 66.8 cm³/mol. The van der Waals surface area contributed by atoms with Gasteiger partial charge in [-0.25, -0.2) is 4.98 Å². The van der Waals surface area contributed by atoms with Gasteiger partial charge >= 0.3 is 0 Å². The van der Waals surface area contributed by atoms with E-state index in [1.807, 2.05) is 0 Å². The number of hydrogen-bond donors (Lipinski definition) is 1. The lowest BCUT2D eigenvalue weighted by molar-refractivity contribution is 0.0981. The standard InChI is InChI=1S/C12H20N2OS/c1-9-6-12(7-9,13-4-5-15-3)11-14-10(2)8-16-11/h8-9,13H,4-7H2,1-3H3. The van der Waals surface area contributed by atoms with E-state index >= 15 is 0 Å². The molecule has 1 aliphatic rings. The highest BCUT2D eigenvalue weighted by atomic mass is 32.1. The molecule has 1 saturated carbocycles. The van der Waals surface area contributed by atoms with Gasteiger partial charge in [-0.2, -0.15) is 0 Å². The third kappa shape index (κ3) is 2.29. The summed E-state index contributed by atoms with van der Waals surface area (Å²) in [5.74, 6) is 0.805. The van der Waals surface area contributed by atoms with Gasteiger partial charge in [0.1, 0.15) is 5.01 Å². The molecule has 0 aliphatic heterocycles. The summed E-state index contributed by atoms with van der Waals surface area (Å²) in [5.41, 5.74) is 1.27. The highest BCUT2D eigenvalue weighted by Gasteiger charge is 2.45. The highest BCUT2D eigenvalue weighted by molar-refractivity contribution is 7.09. The lowest BCUT2D eigenvalue weighted by Crippen LogP contribution is -2.52. The van der Waals surface area contributed by atoms with E-state index in [4.69, 9.17) is 4.74 Å². The van der Waals surface area contributed by atoms with Gasteiger partial charge in [-0.3, -0.25) is 0 Å². The zero-order valence-corrected chi connectivity index (χ0v) is 11.1. The van der Waals surface area contributed by atoms with Crippen LogP contribution in [0.5, 0.6) is 0 Å². The quantitative estimate of drug-likeness (QED) is 0.802. The van der Waals surface area contributed by atoms with Crippen molar-refractivity contribution in [3.8, 4) is 0 Å². The molecule has 0 spiro atoms. The Morgan fingerprint density at radius 1 is 1.62 bits per heavy atom. The molecule has 1 fully saturated rings. The van der Waals surface area contributed by atoms with Crippen LogP contribution in [0.1, 0.15) is 30.5 Å². The zero-order chi connectivity index (χ0) is 11.6. The van der Waals surface area contributed by atoms with Crippen molar-refractivity contribution in [2.45, 2.75) is 32.2 Å². The predicted octanol–water partition coefficient (Wildman–Crippen LogP) is 2.31. The number of rotatable bonds is 5. The van der Waals surface area contributed by atoms with Crippen molar-refractivity contribution in [3.63, 3.8) is 0 Å². The maximum absolute atomic E-state index is 5.09. The number of thiazole rings is 1. The molecular formula is C12H20N2OS. The number of hydrogen-bond acceptors (Lipinski definition) is 4. The fourth-order valence-electron chi connectivity index (χ4n) is 2.49. The van der Waals surface area contributed by atoms with Crippen LogP contribution in [-0.2, 0) is 10.3 Å². The molecule has 0 amide bonds. The average Bonchev–Trinajstić information content (AvgIpc) is 2.62. The molecule has 3 nitrogen and oxygen atoms in total. The van der Waals surface area contributed by atoms with Gasteiger partial charge in [-0.15, -0.1) is 11.3 Å². The number of nitrogens with zero attached hydrogens (tertiary/aromatic N) is 1. The molecule has 2 rings (SSSR count). The maximum Gasteiger partial charge on any atom is 0.113 e. The largest absolute Gasteiger partial charge is 0.383 e. The van der Waals surface area contributed by atoms with Crippen molar-refractivity contribution in [2.24, 2.45) is 5.92 Å². The van der Waals surface area contributed by atoms with E-state index in [-0.39, 0.29) is 5.54 Å². The minimum absolute atomic E-state index is 0.136. The normalized spacial score (nSPS) is 29.1. The van der Waals surface area contributed by atoms with Gasteiger partial charge < -0.3 is 10.1 Å². The second kappa shape index (κ2) is 4.82. The summed E-state index contributed by atoms with van der Waals surface area (Å²) in [5, 5.41) is 7.00. The SMILES string of the molecule is COCCNC1(c2nc(C)cs2)CC(C)C1. The van der Waals surface area contributed by atoms with Crippen LogP contribution < -0.4 is 5.32 Å². The third-order valence-electron chi connectivity index (χ3n) is 3.19. The van der Waals surface area contributed by atoms with Crippen LogP contribution >= 0.6 is 11.3 Å². The van der Waals surface area contributed by atoms with Crippen molar-refractivity contribution in [1.82, 2.24) is 10.3 Å². The fraction of sp³-hybridized carbons (Fsp3) is 0.750. The summed E-state index contributed by atoms with van der Waals surface area (Å²) in [6.07, 6.45) is 2.40. The molecule has 0 saturated heterocycles. The molecule has 4 heteroatoms. The summed E-state index contributed by atoms with van der Waals surface area (Å²) in [6.45, 7) is 6.03. The minimum Gasteiger partial charge on any atom is -0.383 e. The molecule has 90 valence electrons. The Bertz CT molecular complexity index is 345. The van der Waals surface area contributed by atoms with Crippen LogP contribution in [0.25, 0.3) is 0 Å². The second-order valence-corrected chi connectivity index (χ2v) is 5.67. The molecule has 1 aromatic heterocycles. The number of aryl methyl sites for hydroxylation is 1. The van der Waals surface area contributed by atoms with Gasteiger partial charge in [0.2, 0.25) is 0 Å². The van der Waals surface area contributed by atoms with Gasteiger partial charge in [-0.1, -0.05) is 6.92 Å². The molecule has 1 aliphatic carbocycles. The number of nitrogens with one attached hydrogen (secondary N) is 1. The van der Waals surface area contributed by atoms with Gasteiger partial charge in [0.05, 0.1) is 12.1 Å². The van der Waals surface area contributed by atoms with E-state index < -0.39 is 0 Å². The topological polar surface area (TPSA) is 34.1 Å². The summed E-state index contributed by atoms with van der Waals surface area (Å²) >= 11 is 1.78. The van der Waals surface area contributed by atoms with Crippen LogP contribution in [0.3, 0.4) is 0 Å². The molecular weight excluding hydrogens is 220 g/mol. The second-order valence-electron chi connectivity index (χ2n) is 4.81. The van der Waals surface area contributed by atoms with Gasteiger partial charge in [0.25, 0.3) is 0 Å². The number of ether oxygens (including phenoxy) is 1. The van der Waals surface area contributed by atoms with E-state index in [1.165, 1.54) is 17.8 Å². The summed E-state index contributed by atoms with van der Waals surface area (Å²) in [4.78, 5) is 4.63. The lowest BCUT2D eigenvalue weighted by Gasteiger charge is -2.46. The molecule has 16 heavy (non-hydrogen) atoms. The first-order chi connectivity index (χ1) is 7.66. The Balaban J connectivity index is 2.04. The van der Waals surface area contributed by atoms with Gasteiger partial charge in [-0.05, 0) is 25.7 Å². The first-order valence-corrected chi connectivity index (χ1v) is 6.71. The van der Waals surface area contributed by atoms with E-state index in [0.717, 1.165) is 24.8 Å². The van der Waals surface area contributed by atoms with Crippen LogP contribution in [0.15, 0.2) is 5.38 Å². The van der Waals surface area contributed by atoms with Crippen molar-refractivity contribution in [2.75, 3.05) is 20.3 Å². The molecule has 1 aromatic rings. The van der Waals surface area contributed by atoms with E-state index in [1.54, 1.807) is 18.4 Å². The summed E-state index contributed by atoms with van der Waals surface area (Å²) in [6, 6.07) is 0. The number of aromatic nitrogens is 1. The average molecular weight is 240 g/mol. The van der Waals surface area contributed by atoms with Crippen molar-refractivity contribution >= 4 is 11.3 Å². The molecule has 0 aromatic carbocycles. The first kappa shape index (κ1) is 12.0. The zero-order valence-electron chi connectivity index (χ0n) is 10.2. The van der Waals surface area contributed by atoms with Crippen molar-refractivity contribution in [3.05, 3.63) is 16.1 Å². The molecule has 0 unspecified atom stereocenters. The molecule has 1 heterocycles. The van der Waals surface area contributed by atoms with Crippen molar-refractivity contribution < 1.29 is 4.74 Å². The van der Waals surface area contributed by atoms with E-state index in [9.17, 15) is 0 Å². The molecule has 0 bridgehead atoms. The van der Waals surface area contributed by atoms with Gasteiger partial charge in [0.15, 0.2) is 0 Å². The van der Waals surface area contributed by atoms with E-state index in [2.05, 4.69) is 29.5 Å². The summed E-state index contributed by atoms with van der Waals surface area (Å²) in [7, 11) is 1.74. The van der Waals surface area contributed by atoms with Crippen LogP contribution in [-0.4, -0.2) is 25.2 Å². The Morgan fingerprint density at radius 2 is 2.38 bits per heavy atom.